The van der Waals surface area contributed by atoms with Gasteiger partial charge in [0, 0.05) is 16.6 Å². The molecule has 0 saturated carbocycles. The second kappa shape index (κ2) is 5.67. The molecule has 3 nitrogen and oxygen atoms in total. The van der Waals surface area contributed by atoms with Crippen molar-refractivity contribution in [2.45, 2.75) is 20.0 Å². The van der Waals surface area contributed by atoms with Crippen LogP contribution in [-0.4, -0.2) is 9.55 Å². The van der Waals surface area contributed by atoms with Crippen molar-refractivity contribution in [3.8, 4) is 0 Å². The zero-order chi connectivity index (χ0) is 13.9. The maximum Gasteiger partial charge on any atom is 0.111 e. The highest BCUT2D eigenvalue weighted by Gasteiger charge is 2.07. The summed E-state index contributed by atoms with van der Waals surface area (Å²) < 4.78 is 3.32. The minimum Gasteiger partial charge on any atom is -0.367 e. The molecule has 0 radical (unpaired) electrons. The number of nitrogens with one attached hydrogen (secondary N) is 1. The Morgan fingerprint density at radius 1 is 1.10 bits per heavy atom. The van der Waals surface area contributed by atoms with Crippen LogP contribution in [0.2, 0.25) is 0 Å². The summed E-state index contributed by atoms with van der Waals surface area (Å²) in [5.74, 6) is 1.11. The first kappa shape index (κ1) is 13.2. The molecule has 2 aromatic carbocycles. The molecule has 0 aliphatic rings. The largest absolute Gasteiger partial charge is 0.367 e. The lowest BCUT2D eigenvalue weighted by atomic mass is 10.3. The smallest absolute Gasteiger partial charge is 0.111 e. The fourth-order valence-electron chi connectivity index (χ4n) is 2.31. The van der Waals surface area contributed by atoms with E-state index in [-0.39, 0.29) is 0 Å². The lowest BCUT2D eigenvalue weighted by molar-refractivity contribution is 0.736. The van der Waals surface area contributed by atoms with Crippen LogP contribution >= 0.6 is 15.9 Å². The monoisotopic (exact) mass is 329 g/mol. The van der Waals surface area contributed by atoms with Crippen LogP contribution < -0.4 is 5.32 Å². The Morgan fingerprint density at radius 3 is 2.60 bits per heavy atom. The van der Waals surface area contributed by atoms with Crippen LogP contribution in [0.5, 0.6) is 0 Å². The second-order valence-electron chi connectivity index (χ2n) is 4.64. The summed E-state index contributed by atoms with van der Waals surface area (Å²) in [5, 5.41) is 3.44. The lowest BCUT2D eigenvalue weighted by Gasteiger charge is -2.11. The summed E-state index contributed by atoms with van der Waals surface area (Å²) in [6.07, 6.45) is 0.927. The van der Waals surface area contributed by atoms with E-state index in [0.29, 0.717) is 0 Å². The number of aromatic nitrogens is 2. The van der Waals surface area contributed by atoms with E-state index >= 15 is 0 Å². The highest BCUT2D eigenvalue weighted by Crippen LogP contribution is 2.18. The molecule has 0 fully saturated rings. The summed E-state index contributed by atoms with van der Waals surface area (Å²) >= 11 is 3.45. The van der Waals surface area contributed by atoms with E-state index in [4.69, 9.17) is 0 Å². The molecule has 20 heavy (non-hydrogen) atoms. The van der Waals surface area contributed by atoms with Gasteiger partial charge < -0.3 is 9.88 Å². The van der Waals surface area contributed by atoms with Gasteiger partial charge in [-0.25, -0.2) is 4.98 Å². The van der Waals surface area contributed by atoms with Gasteiger partial charge in [0.2, 0.25) is 0 Å². The number of aryl methyl sites for hydroxylation is 1. The van der Waals surface area contributed by atoms with Gasteiger partial charge in [-0.15, -0.1) is 0 Å². The number of imidazole rings is 1. The van der Waals surface area contributed by atoms with Gasteiger partial charge in [-0.3, -0.25) is 0 Å². The van der Waals surface area contributed by atoms with E-state index in [0.717, 1.165) is 34.6 Å². The Labute approximate surface area is 126 Å². The summed E-state index contributed by atoms with van der Waals surface area (Å²) in [6.45, 7) is 2.86. The Balaban J connectivity index is 1.88. The van der Waals surface area contributed by atoms with Crippen LogP contribution in [0.3, 0.4) is 0 Å². The van der Waals surface area contributed by atoms with Crippen molar-refractivity contribution in [3.63, 3.8) is 0 Å². The van der Waals surface area contributed by atoms with Gasteiger partial charge in [-0.1, -0.05) is 35.0 Å². The predicted octanol–water partition coefficient (Wildman–Crippen LogP) is 4.43. The third-order valence-corrected chi connectivity index (χ3v) is 3.86. The van der Waals surface area contributed by atoms with Crippen LogP contribution in [0.4, 0.5) is 5.69 Å². The zero-order valence-electron chi connectivity index (χ0n) is 11.3. The lowest BCUT2D eigenvalue weighted by Crippen LogP contribution is -2.10. The Kier molecular flexibility index (Phi) is 3.74. The van der Waals surface area contributed by atoms with Gasteiger partial charge in [0.05, 0.1) is 17.7 Å². The highest BCUT2D eigenvalue weighted by atomic mass is 79.9. The van der Waals surface area contributed by atoms with Gasteiger partial charge in [0.15, 0.2) is 0 Å². The maximum absolute atomic E-state index is 4.67. The molecule has 0 spiro atoms. The number of fused-ring (bicyclic) bond motifs is 1. The Hall–Kier alpha value is -1.81. The van der Waals surface area contributed by atoms with E-state index in [1.54, 1.807) is 0 Å². The molecule has 4 heteroatoms. The fraction of sp³-hybridized carbons (Fsp3) is 0.188. The number of nitrogens with zero attached hydrogens (tertiary/aromatic N) is 2. The molecule has 3 aromatic rings. The molecule has 1 N–H and O–H groups in total. The molecule has 0 aliphatic heterocycles. The van der Waals surface area contributed by atoms with Gasteiger partial charge in [-0.2, -0.15) is 0 Å². The third-order valence-electron chi connectivity index (χ3n) is 3.34. The van der Waals surface area contributed by atoms with Crippen molar-refractivity contribution >= 4 is 32.7 Å². The quantitative estimate of drug-likeness (QED) is 0.767. The number of hydrogen-bond acceptors (Lipinski definition) is 2. The van der Waals surface area contributed by atoms with Crippen LogP contribution in [0, 0.1) is 0 Å². The first-order chi connectivity index (χ1) is 9.78. The summed E-state index contributed by atoms with van der Waals surface area (Å²) in [6, 6.07) is 16.5. The number of halogens is 1. The normalized spacial score (nSPS) is 10.9. The molecule has 3 rings (SSSR count). The number of para-hydroxylation sites is 2. The molecule has 1 aromatic heterocycles. The summed E-state index contributed by atoms with van der Waals surface area (Å²) in [4.78, 5) is 4.67. The van der Waals surface area contributed by atoms with E-state index in [9.17, 15) is 0 Å². The Bertz CT molecular complexity index is 716. The zero-order valence-corrected chi connectivity index (χ0v) is 12.9. The van der Waals surface area contributed by atoms with Crippen molar-refractivity contribution in [3.05, 3.63) is 58.8 Å². The molecule has 1 heterocycles. The van der Waals surface area contributed by atoms with E-state index in [1.165, 1.54) is 5.52 Å². The first-order valence-electron chi connectivity index (χ1n) is 6.71. The molecule has 0 bridgehead atoms. The molecule has 0 atom stereocenters. The van der Waals surface area contributed by atoms with Crippen LogP contribution in [0.1, 0.15) is 12.7 Å². The fourth-order valence-corrected chi connectivity index (χ4v) is 2.57. The summed E-state index contributed by atoms with van der Waals surface area (Å²) in [7, 11) is 0. The average Bonchev–Trinajstić information content (AvgIpc) is 2.84. The maximum atomic E-state index is 4.67. The highest BCUT2D eigenvalue weighted by molar-refractivity contribution is 9.10. The molecule has 0 saturated heterocycles. The van der Waals surface area contributed by atoms with E-state index in [1.807, 2.05) is 18.2 Å². The van der Waals surface area contributed by atoms with Crippen molar-refractivity contribution in [2.75, 3.05) is 5.32 Å². The van der Waals surface area contributed by atoms with Gasteiger partial charge in [0.1, 0.15) is 5.82 Å². The average molecular weight is 330 g/mol. The molecular weight excluding hydrogens is 314 g/mol. The van der Waals surface area contributed by atoms with Gasteiger partial charge >= 0.3 is 0 Å². The SMILES string of the molecule is CCc1nc2ccccc2n1CNc1ccc(Br)cc1. The first-order valence-corrected chi connectivity index (χ1v) is 7.51. The minimum atomic E-state index is 0.727. The number of rotatable bonds is 4. The van der Waals surface area contributed by atoms with Crippen molar-refractivity contribution < 1.29 is 0 Å². The van der Waals surface area contributed by atoms with Crippen LogP contribution in [0.15, 0.2) is 53.0 Å². The molecular formula is C16H16BrN3. The van der Waals surface area contributed by atoms with Gasteiger partial charge in [0.25, 0.3) is 0 Å². The minimum absolute atomic E-state index is 0.727. The van der Waals surface area contributed by atoms with Crippen molar-refractivity contribution in [2.24, 2.45) is 0 Å². The standard InChI is InChI=1S/C16H16BrN3/c1-2-16-19-14-5-3-4-6-15(14)20(16)11-18-13-9-7-12(17)8-10-13/h3-10,18H,2,11H2,1H3. The molecule has 0 amide bonds. The van der Waals surface area contributed by atoms with E-state index in [2.05, 4.69) is 68.1 Å². The topological polar surface area (TPSA) is 29.9 Å². The second-order valence-corrected chi connectivity index (χ2v) is 5.56. The number of benzene rings is 2. The van der Waals surface area contributed by atoms with Crippen molar-refractivity contribution in [1.29, 1.82) is 0 Å². The number of hydrogen-bond donors (Lipinski definition) is 1. The van der Waals surface area contributed by atoms with Crippen LogP contribution in [-0.2, 0) is 13.1 Å². The van der Waals surface area contributed by atoms with Gasteiger partial charge in [-0.05, 0) is 36.4 Å². The number of anilines is 1. The summed E-state index contributed by atoms with van der Waals surface area (Å²) in [5.41, 5.74) is 3.34. The van der Waals surface area contributed by atoms with Crippen molar-refractivity contribution in [1.82, 2.24) is 9.55 Å². The molecule has 0 aliphatic carbocycles. The van der Waals surface area contributed by atoms with Crippen LogP contribution in [0.25, 0.3) is 11.0 Å². The Morgan fingerprint density at radius 2 is 1.85 bits per heavy atom. The predicted molar refractivity (Wildman–Crippen MR) is 86.9 cm³/mol. The molecule has 102 valence electrons. The third kappa shape index (κ3) is 2.56. The van der Waals surface area contributed by atoms with E-state index < -0.39 is 0 Å². The molecule has 0 unspecified atom stereocenters.